The van der Waals surface area contributed by atoms with Crippen molar-refractivity contribution in [3.8, 4) is 0 Å². The Hall–Kier alpha value is -3.70. The Morgan fingerprint density at radius 1 is 0.455 bits per heavy atom. The topological polar surface area (TPSA) is 174 Å². The van der Waals surface area contributed by atoms with Crippen LogP contribution in [0.3, 0.4) is 0 Å². The second kappa shape index (κ2) is 32.5. The summed E-state index contributed by atoms with van der Waals surface area (Å²) in [7, 11) is 0. The predicted molar refractivity (Wildman–Crippen MR) is 227 cm³/mol. The van der Waals surface area contributed by atoms with Gasteiger partial charge in [0, 0.05) is 36.6 Å². The van der Waals surface area contributed by atoms with Crippen LogP contribution >= 0.6 is 0 Å². The van der Waals surface area contributed by atoms with Crippen molar-refractivity contribution >= 4 is 24.0 Å². The summed E-state index contributed by atoms with van der Waals surface area (Å²) in [6.07, 6.45) is 33.8. The lowest BCUT2D eigenvalue weighted by molar-refractivity contribution is 0.251. The highest BCUT2D eigenvalue weighted by molar-refractivity contribution is 5.87. The number of amides is 4. The number of aryl methyl sites for hydroxylation is 2. The molecule has 2 aromatic heterocycles. The molecule has 0 saturated heterocycles. The van der Waals surface area contributed by atoms with Crippen LogP contribution in [0, 0.1) is 0 Å². The molecule has 0 unspecified atom stereocenters. The van der Waals surface area contributed by atoms with Crippen molar-refractivity contribution in [3.05, 3.63) is 44.2 Å². The van der Waals surface area contributed by atoms with Gasteiger partial charge in [-0.3, -0.25) is 30.2 Å². The van der Waals surface area contributed by atoms with Gasteiger partial charge in [-0.25, -0.2) is 19.6 Å². The fraction of sp³-hybridized carbons (Fsp3) is 0.767. The van der Waals surface area contributed by atoms with E-state index < -0.39 is 0 Å². The van der Waals surface area contributed by atoms with Crippen LogP contribution < -0.4 is 32.4 Å². The first-order chi connectivity index (χ1) is 26.9. The van der Waals surface area contributed by atoms with Gasteiger partial charge in [-0.1, -0.05) is 162 Å². The van der Waals surface area contributed by atoms with Crippen molar-refractivity contribution in [2.24, 2.45) is 0 Å². The molecule has 0 aliphatic heterocycles. The fourth-order valence-corrected chi connectivity index (χ4v) is 6.82. The van der Waals surface area contributed by atoms with E-state index in [-0.39, 0.29) is 35.1 Å². The SMILES string of the molecule is CCCCCCCCCCCCCc1cc(=O)[nH]c(NC(=O)NCCCCCCCNC(=O)Nc2nc(CCCCCCCCCCCCC)cc(=O)[nH]2)n1. The fourth-order valence-electron chi connectivity index (χ4n) is 6.82. The lowest BCUT2D eigenvalue weighted by Crippen LogP contribution is -2.31. The Balaban J connectivity index is 1.48. The van der Waals surface area contributed by atoms with Crippen molar-refractivity contribution < 1.29 is 9.59 Å². The standard InChI is InChI=1S/C43H76N8O4/c1-3-5-7-9-11-13-15-17-19-22-26-30-36-34-38(52)48-40(46-36)50-42(54)44-32-28-24-21-25-29-33-45-43(55)51-41-47-37(35-39(53)49-41)31-27-23-20-18-16-14-12-10-8-6-4-2/h34-35H,3-33H2,1-2H3,(H3,44,46,48,50,52,54)(H3,45,47,49,51,53,55). The van der Waals surface area contributed by atoms with Gasteiger partial charge >= 0.3 is 12.1 Å². The van der Waals surface area contributed by atoms with Crippen LogP contribution in [0.15, 0.2) is 21.7 Å². The summed E-state index contributed by atoms with van der Waals surface area (Å²) >= 11 is 0. The van der Waals surface area contributed by atoms with E-state index in [0.717, 1.165) is 70.6 Å². The van der Waals surface area contributed by atoms with Gasteiger partial charge in [-0.2, -0.15) is 0 Å². The van der Waals surface area contributed by atoms with Gasteiger partial charge in [0.25, 0.3) is 11.1 Å². The number of nitrogens with one attached hydrogen (secondary N) is 6. The number of nitrogens with zero attached hydrogens (tertiary/aromatic N) is 2. The molecule has 0 radical (unpaired) electrons. The van der Waals surface area contributed by atoms with E-state index >= 15 is 0 Å². The number of hydrogen-bond donors (Lipinski definition) is 6. The molecule has 2 aromatic rings. The van der Waals surface area contributed by atoms with Crippen molar-refractivity contribution in [1.29, 1.82) is 0 Å². The van der Waals surface area contributed by atoms with E-state index in [4.69, 9.17) is 0 Å². The van der Waals surface area contributed by atoms with E-state index in [1.807, 2.05) is 0 Å². The summed E-state index contributed by atoms with van der Waals surface area (Å²) in [4.78, 5) is 63.1. The number of hydrogen-bond acceptors (Lipinski definition) is 6. The van der Waals surface area contributed by atoms with E-state index in [1.165, 1.54) is 128 Å². The molecule has 0 aromatic carbocycles. The summed E-state index contributed by atoms with van der Waals surface area (Å²) in [6, 6.07) is 2.25. The highest BCUT2D eigenvalue weighted by atomic mass is 16.2. The zero-order chi connectivity index (χ0) is 39.6. The maximum atomic E-state index is 12.4. The Morgan fingerprint density at radius 3 is 1.07 bits per heavy atom. The second-order valence-corrected chi connectivity index (χ2v) is 15.3. The molecule has 0 aliphatic carbocycles. The number of rotatable bonds is 34. The molecular formula is C43H76N8O4. The Bertz CT molecular complexity index is 1290. The van der Waals surface area contributed by atoms with Crippen LogP contribution in [0.1, 0.15) is 199 Å². The van der Waals surface area contributed by atoms with Crippen molar-refractivity contribution in [3.63, 3.8) is 0 Å². The van der Waals surface area contributed by atoms with Crippen LogP contribution in [-0.2, 0) is 12.8 Å². The largest absolute Gasteiger partial charge is 0.338 e. The molecule has 0 atom stereocenters. The average Bonchev–Trinajstić information content (AvgIpc) is 3.15. The zero-order valence-electron chi connectivity index (χ0n) is 34.6. The molecule has 2 rings (SSSR count). The number of urea groups is 2. The summed E-state index contributed by atoms with van der Waals surface area (Å²) in [5.41, 5.74) is 0.878. The number of anilines is 2. The van der Waals surface area contributed by atoms with Gasteiger partial charge in [0.05, 0.1) is 0 Å². The third-order valence-corrected chi connectivity index (χ3v) is 10.1. The van der Waals surface area contributed by atoms with Crippen LogP contribution in [-0.4, -0.2) is 45.1 Å². The third kappa shape index (κ3) is 26.7. The lowest BCUT2D eigenvalue weighted by atomic mass is 10.0. The number of aromatic nitrogens is 4. The molecule has 0 saturated carbocycles. The first kappa shape index (κ1) is 47.5. The van der Waals surface area contributed by atoms with E-state index in [2.05, 4.69) is 55.1 Å². The third-order valence-electron chi connectivity index (χ3n) is 10.1. The van der Waals surface area contributed by atoms with E-state index in [1.54, 1.807) is 0 Å². The first-order valence-corrected chi connectivity index (χ1v) is 22.2. The van der Waals surface area contributed by atoms with Crippen molar-refractivity contribution in [1.82, 2.24) is 30.6 Å². The van der Waals surface area contributed by atoms with Crippen LogP contribution in [0.4, 0.5) is 21.5 Å². The summed E-state index contributed by atoms with van der Waals surface area (Å²) in [5, 5.41) is 11.0. The maximum absolute atomic E-state index is 12.4. The number of carbonyl (C=O) groups excluding carboxylic acids is 2. The molecule has 12 heteroatoms. The number of H-pyrrole nitrogens is 2. The van der Waals surface area contributed by atoms with Gasteiger partial charge in [0.2, 0.25) is 11.9 Å². The molecular weight excluding hydrogens is 693 g/mol. The summed E-state index contributed by atoms with van der Waals surface area (Å²) in [6.45, 7) is 5.52. The van der Waals surface area contributed by atoms with Gasteiger partial charge < -0.3 is 10.6 Å². The van der Waals surface area contributed by atoms with Gasteiger partial charge in [0.1, 0.15) is 0 Å². The molecule has 12 nitrogen and oxygen atoms in total. The smallest absolute Gasteiger partial charge is 0.321 e. The number of aromatic amines is 2. The zero-order valence-corrected chi connectivity index (χ0v) is 34.6. The monoisotopic (exact) mass is 769 g/mol. The second-order valence-electron chi connectivity index (χ2n) is 15.3. The summed E-state index contributed by atoms with van der Waals surface area (Å²) < 4.78 is 0. The minimum Gasteiger partial charge on any atom is -0.338 e. The molecule has 4 amide bonds. The number of carbonyl (C=O) groups is 2. The maximum Gasteiger partial charge on any atom is 0.321 e. The van der Waals surface area contributed by atoms with Crippen LogP contribution in [0.2, 0.25) is 0 Å². The van der Waals surface area contributed by atoms with Gasteiger partial charge in [0.15, 0.2) is 0 Å². The normalized spacial score (nSPS) is 11.1. The highest BCUT2D eigenvalue weighted by Gasteiger charge is 2.08. The molecule has 6 N–H and O–H groups in total. The molecule has 0 fully saturated rings. The van der Waals surface area contributed by atoms with Gasteiger partial charge in [-0.15, -0.1) is 0 Å². The van der Waals surface area contributed by atoms with Crippen LogP contribution in [0.25, 0.3) is 0 Å². The Morgan fingerprint density at radius 2 is 0.745 bits per heavy atom. The molecule has 2 heterocycles. The van der Waals surface area contributed by atoms with Gasteiger partial charge in [-0.05, 0) is 38.5 Å². The van der Waals surface area contributed by atoms with Crippen molar-refractivity contribution in [2.75, 3.05) is 23.7 Å². The molecule has 0 aliphatic rings. The highest BCUT2D eigenvalue weighted by Crippen LogP contribution is 2.14. The Kier molecular flexibility index (Phi) is 28.1. The first-order valence-electron chi connectivity index (χ1n) is 22.2. The molecule has 0 bridgehead atoms. The number of unbranched alkanes of at least 4 members (excludes halogenated alkanes) is 24. The lowest BCUT2D eigenvalue weighted by Gasteiger charge is -2.09. The quantitative estimate of drug-likeness (QED) is 0.0386. The Labute approximate surface area is 331 Å². The van der Waals surface area contributed by atoms with Crippen molar-refractivity contribution in [2.45, 2.75) is 200 Å². The molecule has 0 spiro atoms. The van der Waals surface area contributed by atoms with E-state index in [0.29, 0.717) is 24.5 Å². The molecule has 312 valence electrons. The van der Waals surface area contributed by atoms with Crippen LogP contribution in [0.5, 0.6) is 0 Å². The summed E-state index contributed by atoms with van der Waals surface area (Å²) in [5.74, 6) is 0.350. The molecule has 55 heavy (non-hydrogen) atoms. The minimum absolute atomic E-state index is 0.175. The minimum atomic E-state index is -0.388. The predicted octanol–water partition coefficient (Wildman–Crippen LogP) is 10.5. The van der Waals surface area contributed by atoms with E-state index in [9.17, 15) is 19.2 Å². The average molecular weight is 769 g/mol.